The second kappa shape index (κ2) is 18.9. The SMILES string of the molecule is C/C(=C\[C@H](C(C)C)N(C)C(=O)C(NC(=O)C1CCCCN1C(C)C)C(C)(C)C)C(=O)N1CCCC1C(=O)N(CCc1ccccc1)Cc1ccccc1. The van der Waals surface area contributed by atoms with Gasteiger partial charge in [0.2, 0.25) is 23.6 Å². The minimum atomic E-state index is -0.742. The fraction of sp³-hybridized carbons (Fsp3) is 0.591. The molecule has 2 aromatic rings. The lowest BCUT2D eigenvalue weighted by Crippen LogP contribution is -2.60. The molecule has 9 nitrogen and oxygen atoms in total. The van der Waals surface area contributed by atoms with Gasteiger partial charge in [0, 0.05) is 38.3 Å². The minimum absolute atomic E-state index is 0.00634. The quantitative estimate of drug-likeness (QED) is 0.225. The normalized spacial score (nSPS) is 19.6. The number of nitrogens with one attached hydrogen (secondary N) is 1. The Kier molecular flexibility index (Phi) is 14.9. The van der Waals surface area contributed by atoms with E-state index in [9.17, 15) is 19.2 Å². The van der Waals surface area contributed by atoms with Crippen molar-refractivity contribution in [3.8, 4) is 0 Å². The molecular formula is C44H65N5O4. The molecule has 2 aliphatic rings. The number of nitrogens with zero attached hydrogens (tertiary/aromatic N) is 4. The standard InChI is InChI=1S/C44H65N5O4/c1-31(2)38(46(9)43(53)39(44(6,7)8)45-40(50)36-23-16-17-26-48(36)32(3)4)29-33(5)41(51)49-27-18-24-37(49)42(52)47(30-35-21-14-11-15-22-35)28-25-34-19-12-10-13-20-34/h10-15,19-22,29,31-32,36-39H,16-18,23-28,30H2,1-9H3,(H,45,50)/b33-29+/t36?,37?,38-,39?/m1/s1. The Balaban J connectivity index is 1.52. The van der Waals surface area contributed by atoms with Gasteiger partial charge in [-0.1, -0.05) is 108 Å². The Morgan fingerprint density at radius 1 is 0.849 bits per heavy atom. The number of carbonyl (C=O) groups is 4. The highest BCUT2D eigenvalue weighted by Gasteiger charge is 2.41. The van der Waals surface area contributed by atoms with Gasteiger partial charge in [-0.2, -0.15) is 0 Å². The first kappa shape index (κ1) is 41.8. The number of rotatable bonds is 14. The molecule has 9 heteroatoms. The highest BCUT2D eigenvalue weighted by Crippen LogP contribution is 2.27. The van der Waals surface area contributed by atoms with Crippen molar-refractivity contribution in [3.05, 3.63) is 83.4 Å². The molecular weight excluding hydrogens is 663 g/mol. The lowest BCUT2D eigenvalue weighted by Gasteiger charge is -2.41. The third-order valence-corrected chi connectivity index (χ3v) is 11.0. The van der Waals surface area contributed by atoms with Gasteiger partial charge in [0.15, 0.2) is 0 Å². The molecule has 0 spiro atoms. The van der Waals surface area contributed by atoms with E-state index in [0.717, 1.165) is 49.8 Å². The molecule has 0 aromatic heterocycles. The van der Waals surface area contributed by atoms with Crippen LogP contribution in [0.15, 0.2) is 72.3 Å². The second-order valence-corrected chi connectivity index (χ2v) is 16.8. The van der Waals surface area contributed by atoms with Crippen LogP contribution in [0.4, 0.5) is 0 Å². The summed E-state index contributed by atoms with van der Waals surface area (Å²) in [6.07, 6.45) is 6.81. The lowest BCUT2D eigenvalue weighted by atomic mass is 9.84. The van der Waals surface area contributed by atoms with E-state index in [1.165, 1.54) is 0 Å². The van der Waals surface area contributed by atoms with E-state index in [0.29, 0.717) is 31.6 Å². The largest absolute Gasteiger partial charge is 0.342 e. The number of piperidine rings is 1. The lowest BCUT2D eigenvalue weighted by molar-refractivity contribution is -0.142. The van der Waals surface area contributed by atoms with Crippen LogP contribution in [-0.4, -0.2) is 100 Å². The van der Waals surface area contributed by atoms with Crippen LogP contribution in [0.25, 0.3) is 0 Å². The van der Waals surface area contributed by atoms with E-state index < -0.39 is 23.5 Å². The summed E-state index contributed by atoms with van der Waals surface area (Å²) >= 11 is 0. The number of likely N-dealkylation sites (N-methyl/N-ethyl adjacent to an activating group) is 1. The van der Waals surface area contributed by atoms with Crippen LogP contribution < -0.4 is 5.32 Å². The van der Waals surface area contributed by atoms with Crippen molar-refractivity contribution < 1.29 is 19.2 Å². The van der Waals surface area contributed by atoms with Gasteiger partial charge in [-0.25, -0.2) is 0 Å². The van der Waals surface area contributed by atoms with E-state index in [4.69, 9.17) is 0 Å². The minimum Gasteiger partial charge on any atom is -0.342 e. The molecule has 2 saturated heterocycles. The fourth-order valence-electron chi connectivity index (χ4n) is 7.85. The topological polar surface area (TPSA) is 93.3 Å². The van der Waals surface area contributed by atoms with Crippen molar-refractivity contribution in [2.45, 2.75) is 131 Å². The summed E-state index contributed by atoms with van der Waals surface area (Å²) in [5.41, 5.74) is 2.18. The van der Waals surface area contributed by atoms with Crippen LogP contribution in [-0.2, 0) is 32.1 Å². The van der Waals surface area contributed by atoms with Gasteiger partial charge in [0.05, 0.1) is 12.1 Å². The molecule has 3 unspecified atom stereocenters. The van der Waals surface area contributed by atoms with Gasteiger partial charge < -0.3 is 20.0 Å². The Morgan fingerprint density at radius 3 is 2.04 bits per heavy atom. The van der Waals surface area contributed by atoms with Crippen molar-refractivity contribution in [2.24, 2.45) is 11.3 Å². The summed E-state index contributed by atoms with van der Waals surface area (Å²) in [6.45, 7) is 18.4. The summed E-state index contributed by atoms with van der Waals surface area (Å²) < 4.78 is 0. The third-order valence-electron chi connectivity index (χ3n) is 11.0. The molecule has 2 fully saturated rings. The summed E-state index contributed by atoms with van der Waals surface area (Å²) in [7, 11) is 1.77. The Hall–Kier alpha value is -3.98. The first-order valence-electron chi connectivity index (χ1n) is 19.8. The average Bonchev–Trinajstić information content (AvgIpc) is 3.63. The zero-order chi connectivity index (χ0) is 38.9. The van der Waals surface area contributed by atoms with Crippen molar-refractivity contribution in [2.75, 3.05) is 26.7 Å². The molecule has 0 radical (unpaired) electrons. The zero-order valence-electron chi connectivity index (χ0n) is 33.8. The monoisotopic (exact) mass is 728 g/mol. The van der Waals surface area contributed by atoms with E-state index in [-0.39, 0.29) is 41.6 Å². The van der Waals surface area contributed by atoms with Gasteiger partial charge in [0.1, 0.15) is 12.1 Å². The molecule has 1 N–H and O–H groups in total. The molecule has 0 bridgehead atoms. The van der Waals surface area contributed by atoms with Crippen LogP contribution in [0.5, 0.6) is 0 Å². The van der Waals surface area contributed by atoms with Crippen LogP contribution in [0.3, 0.4) is 0 Å². The van der Waals surface area contributed by atoms with Crippen molar-refractivity contribution in [1.82, 2.24) is 24.9 Å². The number of hydrogen-bond acceptors (Lipinski definition) is 5. The molecule has 4 amide bonds. The van der Waals surface area contributed by atoms with Crippen molar-refractivity contribution in [1.29, 1.82) is 0 Å². The van der Waals surface area contributed by atoms with Crippen LogP contribution in [0.2, 0.25) is 0 Å². The molecule has 290 valence electrons. The number of benzene rings is 2. The first-order chi connectivity index (χ1) is 25.1. The third kappa shape index (κ3) is 11.0. The molecule has 4 rings (SSSR count). The van der Waals surface area contributed by atoms with Crippen LogP contribution in [0.1, 0.15) is 98.6 Å². The van der Waals surface area contributed by atoms with Crippen molar-refractivity contribution >= 4 is 23.6 Å². The second-order valence-electron chi connectivity index (χ2n) is 16.8. The number of carbonyl (C=O) groups excluding carboxylic acids is 4. The molecule has 2 aromatic carbocycles. The molecule has 0 saturated carbocycles. The number of likely N-dealkylation sites (tertiary alicyclic amines) is 2. The fourth-order valence-corrected chi connectivity index (χ4v) is 7.85. The predicted molar refractivity (Wildman–Crippen MR) is 213 cm³/mol. The summed E-state index contributed by atoms with van der Waals surface area (Å²) in [5.74, 6) is -0.501. The highest BCUT2D eigenvalue weighted by molar-refractivity contribution is 5.97. The molecule has 4 atom stereocenters. The highest BCUT2D eigenvalue weighted by atomic mass is 16.2. The first-order valence-corrected chi connectivity index (χ1v) is 19.8. The summed E-state index contributed by atoms with van der Waals surface area (Å²) in [4.78, 5) is 64.1. The van der Waals surface area contributed by atoms with Crippen LogP contribution >= 0.6 is 0 Å². The maximum atomic E-state index is 14.3. The van der Waals surface area contributed by atoms with Gasteiger partial charge in [-0.05, 0) is 81.9 Å². The predicted octanol–water partition coefficient (Wildman–Crippen LogP) is 6.47. The summed E-state index contributed by atoms with van der Waals surface area (Å²) in [6, 6.07) is 18.5. The van der Waals surface area contributed by atoms with Crippen LogP contribution in [0, 0.1) is 11.3 Å². The smallest absolute Gasteiger partial charge is 0.249 e. The van der Waals surface area contributed by atoms with Gasteiger partial charge in [-0.15, -0.1) is 0 Å². The van der Waals surface area contributed by atoms with E-state index in [1.807, 2.05) is 94.1 Å². The Labute approximate surface area is 319 Å². The number of hydrogen-bond donors (Lipinski definition) is 1. The van der Waals surface area contributed by atoms with Gasteiger partial charge >= 0.3 is 0 Å². The molecule has 2 heterocycles. The van der Waals surface area contributed by atoms with E-state index >= 15 is 0 Å². The molecule has 53 heavy (non-hydrogen) atoms. The summed E-state index contributed by atoms with van der Waals surface area (Å²) in [5, 5.41) is 3.16. The van der Waals surface area contributed by atoms with E-state index in [1.54, 1.807) is 23.8 Å². The Morgan fingerprint density at radius 2 is 1.45 bits per heavy atom. The Bertz CT molecular complexity index is 1550. The molecule has 2 aliphatic heterocycles. The maximum Gasteiger partial charge on any atom is 0.249 e. The average molecular weight is 728 g/mol. The van der Waals surface area contributed by atoms with Gasteiger partial charge in [0.25, 0.3) is 0 Å². The van der Waals surface area contributed by atoms with Gasteiger partial charge in [-0.3, -0.25) is 24.1 Å². The zero-order valence-corrected chi connectivity index (χ0v) is 33.8. The van der Waals surface area contributed by atoms with Crippen molar-refractivity contribution in [3.63, 3.8) is 0 Å². The molecule has 0 aliphatic carbocycles. The maximum absolute atomic E-state index is 14.3. The number of amides is 4. The van der Waals surface area contributed by atoms with E-state index in [2.05, 4.69) is 36.2 Å².